The van der Waals surface area contributed by atoms with Gasteiger partial charge in [0.2, 0.25) is 0 Å². The van der Waals surface area contributed by atoms with Gasteiger partial charge in [-0.2, -0.15) is 0 Å². The topological polar surface area (TPSA) is 98.0 Å². The van der Waals surface area contributed by atoms with Crippen LogP contribution in [0, 0.1) is 0 Å². The van der Waals surface area contributed by atoms with Gasteiger partial charge >= 0.3 is 5.97 Å². The Morgan fingerprint density at radius 1 is 1.18 bits per heavy atom. The molecule has 0 radical (unpaired) electrons. The Labute approximate surface area is 165 Å². The van der Waals surface area contributed by atoms with E-state index in [-0.39, 0.29) is 0 Å². The van der Waals surface area contributed by atoms with E-state index in [4.69, 9.17) is 14.0 Å². The first-order chi connectivity index (χ1) is 13.6. The highest BCUT2D eigenvalue weighted by atomic mass is 16.5. The summed E-state index contributed by atoms with van der Waals surface area (Å²) in [5.74, 6) is 1.57. The molecule has 28 heavy (non-hydrogen) atoms. The van der Waals surface area contributed by atoms with Crippen molar-refractivity contribution < 1.29 is 18.8 Å². The number of nitrogens with zero attached hydrogens (tertiary/aromatic N) is 2. The summed E-state index contributed by atoms with van der Waals surface area (Å²) in [6, 6.07) is 5.38. The fourth-order valence-corrected chi connectivity index (χ4v) is 2.85. The van der Waals surface area contributed by atoms with Crippen molar-refractivity contribution in [1.29, 1.82) is 0 Å². The zero-order valence-electron chi connectivity index (χ0n) is 17.1. The van der Waals surface area contributed by atoms with Crippen LogP contribution < -0.4 is 15.4 Å². The molecule has 2 aromatic rings. The van der Waals surface area contributed by atoms with Crippen molar-refractivity contribution in [2.45, 2.75) is 39.8 Å². The van der Waals surface area contributed by atoms with Crippen LogP contribution in [-0.2, 0) is 30.7 Å². The van der Waals surface area contributed by atoms with Crippen LogP contribution >= 0.6 is 0 Å². The smallest absolute Gasteiger partial charge is 0.341 e. The fourth-order valence-electron chi connectivity index (χ4n) is 2.85. The Balaban J connectivity index is 2.03. The minimum atomic E-state index is -0.437. The Hall–Kier alpha value is -3.03. The maximum absolute atomic E-state index is 11.9. The third-order valence-electron chi connectivity index (χ3n) is 4.39. The fraction of sp³-hybridized carbons (Fsp3) is 0.450. The molecule has 0 saturated carbocycles. The van der Waals surface area contributed by atoms with E-state index in [9.17, 15) is 4.79 Å². The van der Waals surface area contributed by atoms with Gasteiger partial charge in [-0.05, 0) is 24.1 Å². The van der Waals surface area contributed by atoms with E-state index < -0.39 is 5.97 Å². The van der Waals surface area contributed by atoms with E-state index >= 15 is 0 Å². The van der Waals surface area contributed by atoms with E-state index in [0.717, 1.165) is 35.4 Å². The number of carbonyl (C=O) groups excluding carboxylic acids is 1. The average molecular weight is 388 g/mol. The van der Waals surface area contributed by atoms with Crippen LogP contribution in [-0.4, -0.2) is 38.4 Å². The summed E-state index contributed by atoms with van der Waals surface area (Å²) in [5, 5.41) is 10.6. The molecule has 0 aliphatic carbocycles. The van der Waals surface area contributed by atoms with E-state index in [2.05, 4.69) is 27.7 Å². The number of aromatic nitrogens is 1. The minimum absolute atomic E-state index is 0.386. The Morgan fingerprint density at radius 2 is 1.93 bits per heavy atom. The molecule has 2 N–H and O–H groups in total. The number of ether oxygens (including phenoxy) is 2. The third-order valence-corrected chi connectivity index (χ3v) is 4.39. The highest BCUT2D eigenvalue weighted by molar-refractivity contribution is 5.92. The van der Waals surface area contributed by atoms with Gasteiger partial charge in [0.05, 0.1) is 19.9 Å². The Morgan fingerprint density at radius 3 is 2.54 bits per heavy atom. The predicted molar refractivity (Wildman–Crippen MR) is 107 cm³/mol. The van der Waals surface area contributed by atoms with Gasteiger partial charge in [0.25, 0.3) is 0 Å². The molecule has 0 bridgehead atoms. The number of benzene rings is 1. The molecule has 0 amide bonds. The molecule has 0 saturated heterocycles. The Kier molecular flexibility index (Phi) is 7.86. The van der Waals surface area contributed by atoms with Crippen LogP contribution in [0.5, 0.6) is 5.75 Å². The predicted octanol–water partition coefficient (Wildman–Crippen LogP) is 2.46. The van der Waals surface area contributed by atoms with Crippen LogP contribution in [0.1, 0.15) is 46.8 Å². The zero-order chi connectivity index (χ0) is 20.5. The summed E-state index contributed by atoms with van der Waals surface area (Å²) in [6.07, 6.45) is 1.60. The number of nitrogens with one attached hydrogen (secondary N) is 2. The van der Waals surface area contributed by atoms with Gasteiger partial charge in [0.1, 0.15) is 17.1 Å². The maximum Gasteiger partial charge on any atom is 0.341 e. The second-order valence-corrected chi connectivity index (χ2v) is 6.04. The first-order valence-corrected chi connectivity index (χ1v) is 9.23. The molecular weight excluding hydrogens is 360 g/mol. The number of rotatable bonds is 8. The first-order valence-electron chi connectivity index (χ1n) is 9.23. The monoisotopic (exact) mass is 388 g/mol. The van der Waals surface area contributed by atoms with E-state index in [1.165, 1.54) is 14.2 Å². The number of methoxy groups -OCH3 is 2. The Bertz CT molecular complexity index is 808. The third kappa shape index (κ3) is 5.03. The number of aliphatic imine (C=N–C) groups is 1. The molecule has 152 valence electrons. The summed E-state index contributed by atoms with van der Waals surface area (Å²) < 4.78 is 15.4. The van der Waals surface area contributed by atoms with Crippen molar-refractivity contribution in [1.82, 2.24) is 15.8 Å². The van der Waals surface area contributed by atoms with Gasteiger partial charge in [-0.15, -0.1) is 0 Å². The minimum Gasteiger partial charge on any atom is -0.496 e. The van der Waals surface area contributed by atoms with Gasteiger partial charge in [0, 0.05) is 32.1 Å². The molecule has 0 atom stereocenters. The highest BCUT2D eigenvalue weighted by Crippen LogP contribution is 2.21. The first kappa shape index (κ1) is 21.3. The molecular formula is C20H28N4O4. The van der Waals surface area contributed by atoms with Crippen molar-refractivity contribution in [3.8, 4) is 5.75 Å². The van der Waals surface area contributed by atoms with Gasteiger partial charge < -0.3 is 24.6 Å². The second kappa shape index (κ2) is 10.3. The van der Waals surface area contributed by atoms with Crippen molar-refractivity contribution in [2.24, 2.45) is 4.99 Å². The molecule has 0 spiro atoms. The molecule has 1 aromatic carbocycles. The number of aryl methyl sites for hydroxylation is 2. The van der Waals surface area contributed by atoms with Crippen molar-refractivity contribution in [2.75, 3.05) is 21.3 Å². The van der Waals surface area contributed by atoms with E-state index in [1.54, 1.807) is 19.2 Å². The van der Waals surface area contributed by atoms with Crippen LogP contribution in [0.3, 0.4) is 0 Å². The van der Waals surface area contributed by atoms with E-state index in [0.29, 0.717) is 30.4 Å². The molecule has 1 heterocycles. The number of carbonyl (C=O) groups is 1. The van der Waals surface area contributed by atoms with Gasteiger partial charge in [-0.1, -0.05) is 25.1 Å². The second-order valence-electron chi connectivity index (χ2n) is 6.04. The normalized spacial score (nSPS) is 11.2. The van der Waals surface area contributed by atoms with Gasteiger partial charge in [-0.3, -0.25) is 4.99 Å². The van der Waals surface area contributed by atoms with Crippen molar-refractivity contribution >= 4 is 11.9 Å². The van der Waals surface area contributed by atoms with Gasteiger partial charge in [-0.25, -0.2) is 4.79 Å². The molecule has 0 unspecified atom stereocenters. The summed E-state index contributed by atoms with van der Waals surface area (Å²) >= 11 is 0. The number of guanidine groups is 1. The summed E-state index contributed by atoms with van der Waals surface area (Å²) in [5.41, 5.74) is 3.32. The molecule has 8 nitrogen and oxygen atoms in total. The molecule has 8 heteroatoms. The lowest BCUT2D eigenvalue weighted by molar-refractivity contribution is 0.0597. The maximum atomic E-state index is 11.9. The summed E-state index contributed by atoms with van der Waals surface area (Å²) in [7, 11) is 4.57. The lowest BCUT2D eigenvalue weighted by Gasteiger charge is -2.13. The molecule has 0 aliphatic heterocycles. The van der Waals surface area contributed by atoms with Gasteiger partial charge in [0.15, 0.2) is 5.96 Å². The van der Waals surface area contributed by atoms with Crippen LogP contribution in [0.15, 0.2) is 27.7 Å². The SMILES string of the molecule is CCc1noc(CC)c1CNC(=NC)NCc1ccc(OC)c(C(=O)OC)c1. The van der Waals surface area contributed by atoms with Crippen LogP contribution in [0.4, 0.5) is 0 Å². The van der Waals surface area contributed by atoms with E-state index in [1.807, 2.05) is 13.0 Å². The summed E-state index contributed by atoms with van der Waals surface area (Å²) in [4.78, 5) is 16.2. The molecule has 0 aliphatic rings. The largest absolute Gasteiger partial charge is 0.496 e. The number of hydrogen-bond acceptors (Lipinski definition) is 6. The molecule has 1 aromatic heterocycles. The average Bonchev–Trinajstić information content (AvgIpc) is 3.15. The lowest BCUT2D eigenvalue weighted by Crippen LogP contribution is -2.36. The van der Waals surface area contributed by atoms with Crippen LogP contribution in [0.2, 0.25) is 0 Å². The van der Waals surface area contributed by atoms with Crippen molar-refractivity contribution in [3.63, 3.8) is 0 Å². The number of hydrogen-bond donors (Lipinski definition) is 2. The van der Waals surface area contributed by atoms with Crippen LogP contribution in [0.25, 0.3) is 0 Å². The van der Waals surface area contributed by atoms with Crippen molar-refractivity contribution in [3.05, 3.63) is 46.3 Å². The standard InChI is InChI=1S/C20H28N4O4/c1-6-16-15(17(7-2)28-24-16)12-23-20(21-3)22-11-13-8-9-18(26-4)14(10-13)19(25)27-5/h8-10H,6-7,11-12H2,1-5H3,(H2,21,22,23). The molecule has 2 rings (SSSR count). The lowest BCUT2D eigenvalue weighted by atomic mass is 10.1. The summed E-state index contributed by atoms with van der Waals surface area (Å²) in [6.45, 7) is 5.15. The zero-order valence-corrected chi connectivity index (χ0v) is 17.1. The molecule has 0 fully saturated rings. The number of esters is 1. The highest BCUT2D eigenvalue weighted by Gasteiger charge is 2.15. The quantitative estimate of drug-likeness (QED) is 0.407.